The van der Waals surface area contributed by atoms with Crippen LogP contribution in [0, 0.1) is 0 Å². The number of ether oxygens (including phenoxy) is 1. The first-order chi connectivity index (χ1) is 13.7. The Morgan fingerprint density at radius 3 is 2.96 bits per heavy atom. The number of nitrogens with two attached hydrogens (primary N) is 1. The molecule has 2 aliphatic rings. The second-order valence-corrected chi connectivity index (χ2v) is 8.44. The van der Waals surface area contributed by atoms with Gasteiger partial charge >= 0.3 is 0 Å². The molecular weight excluding hydrogens is 376 g/mol. The molecule has 0 aromatic carbocycles. The van der Waals surface area contributed by atoms with E-state index in [4.69, 9.17) is 15.5 Å². The van der Waals surface area contributed by atoms with Gasteiger partial charge in [-0.05, 0) is 19.3 Å². The maximum atomic E-state index is 6.08. The number of nitrogens with zero attached hydrogens (tertiary/aromatic N) is 7. The number of anilines is 1. The van der Waals surface area contributed by atoms with Crippen LogP contribution in [0.2, 0.25) is 0 Å². The molecule has 1 saturated carbocycles. The van der Waals surface area contributed by atoms with Gasteiger partial charge in [-0.15, -0.1) is 16.4 Å². The van der Waals surface area contributed by atoms with Crippen LogP contribution in [0.1, 0.15) is 42.2 Å². The van der Waals surface area contributed by atoms with Crippen molar-refractivity contribution < 1.29 is 4.74 Å². The maximum absolute atomic E-state index is 6.08. The zero-order valence-electron chi connectivity index (χ0n) is 15.9. The van der Waals surface area contributed by atoms with Crippen LogP contribution in [0.15, 0.2) is 5.38 Å². The van der Waals surface area contributed by atoms with Crippen molar-refractivity contribution in [1.29, 1.82) is 0 Å². The van der Waals surface area contributed by atoms with Crippen LogP contribution in [0.3, 0.4) is 0 Å². The molecule has 28 heavy (non-hydrogen) atoms. The van der Waals surface area contributed by atoms with E-state index in [0.29, 0.717) is 36.1 Å². The van der Waals surface area contributed by atoms with Crippen LogP contribution in [-0.4, -0.2) is 60.6 Å². The Kier molecular flexibility index (Phi) is 4.69. The molecule has 1 atom stereocenters. The number of hydrogen-bond acceptors (Lipinski definition) is 9. The van der Waals surface area contributed by atoms with Gasteiger partial charge in [0.2, 0.25) is 0 Å². The van der Waals surface area contributed by atoms with Gasteiger partial charge in [-0.2, -0.15) is 0 Å². The number of thiazole rings is 1. The van der Waals surface area contributed by atoms with Crippen LogP contribution in [-0.2, 0) is 24.2 Å². The number of aromatic nitrogens is 6. The third-order valence-corrected chi connectivity index (χ3v) is 6.15. The van der Waals surface area contributed by atoms with Crippen LogP contribution in [0.25, 0.3) is 11.2 Å². The lowest BCUT2D eigenvalue weighted by Crippen LogP contribution is -2.43. The minimum absolute atomic E-state index is 0.0322. The molecule has 10 heteroatoms. The highest BCUT2D eigenvalue weighted by atomic mass is 32.1. The van der Waals surface area contributed by atoms with Gasteiger partial charge in [-0.3, -0.25) is 4.90 Å². The Labute approximate surface area is 166 Å². The second-order valence-electron chi connectivity index (χ2n) is 7.50. The predicted molar refractivity (Wildman–Crippen MR) is 106 cm³/mol. The lowest BCUT2D eigenvalue weighted by Gasteiger charge is -2.32. The van der Waals surface area contributed by atoms with Gasteiger partial charge in [0.1, 0.15) is 10.8 Å². The topological polar surface area (TPSA) is 108 Å². The van der Waals surface area contributed by atoms with Crippen molar-refractivity contribution in [3.8, 4) is 0 Å². The Morgan fingerprint density at radius 2 is 2.18 bits per heavy atom. The molecule has 3 aromatic heterocycles. The number of fused-ring (bicyclic) bond motifs is 1. The molecule has 0 spiro atoms. The molecule has 4 heterocycles. The zero-order valence-corrected chi connectivity index (χ0v) is 16.7. The summed E-state index contributed by atoms with van der Waals surface area (Å²) in [5.41, 5.74) is 8.53. The third kappa shape index (κ3) is 3.59. The molecule has 2 N–H and O–H groups in total. The van der Waals surface area contributed by atoms with Crippen LogP contribution < -0.4 is 5.73 Å². The zero-order chi connectivity index (χ0) is 19.1. The summed E-state index contributed by atoms with van der Waals surface area (Å²) in [4.78, 5) is 16.2. The van der Waals surface area contributed by atoms with Gasteiger partial charge in [0.25, 0.3) is 0 Å². The first-order valence-electron chi connectivity index (χ1n) is 9.83. The van der Waals surface area contributed by atoms with Crippen molar-refractivity contribution in [2.75, 3.05) is 25.4 Å². The highest BCUT2D eigenvalue weighted by Crippen LogP contribution is 2.38. The van der Waals surface area contributed by atoms with Gasteiger partial charge < -0.3 is 10.5 Å². The summed E-state index contributed by atoms with van der Waals surface area (Å²) in [6.45, 7) is 6.05. The molecule has 0 radical (unpaired) electrons. The number of rotatable bonds is 6. The molecule has 1 aliphatic heterocycles. The number of hydrogen-bond donors (Lipinski definition) is 1. The van der Waals surface area contributed by atoms with Crippen molar-refractivity contribution in [3.05, 3.63) is 21.9 Å². The van der Waals surface area contributed by atoms with Gasteiger partial charge in [-0.25, -0.2) is 19.6 Å². The second kappa shape index (κ2) is 7.34. The summed E-state index contributed by atoms with van der Waals surface area (Å²) < 4.78 is 7.80. The van der Waals surface area contributed by atoms with Crippen LogP contribution in [0.4, 0.5) is 5.82 Å². The number of nitrogen functional groups attached to an aromatic ring is 1. The normalized spacial score (nSPS) is 20.8. The smallest absolute Gasteiger partial charge is 0.184 e. The molecule has 2 fully saturated rings. The quantitative estimate of drug-likeness (QED) is 0.665. The van der Waals surface area contributed by atoms with E-state index in [1.54, 1.807) is 11.3 Å². The van der Waals surface area contributed by atoms with E-state index in [-0.39, 0.29) is 6.10 Å². The monoisotopic (exact) mass is 400 g/mol. The van der Waals surface area contributed by atoms with Gasteiger partial charge in [0.15, 0.2) is 17.0 Å². The summed E-state index contributed by atoms with van der Waals surface area (Å²) in [5.74, 6) is 1.66. The van der Waals surface area contributed by atoms with Gasteiger partial charge in [-0.1, -0.05) is 12.1 Å². The highest BCUT2D eigenvalue weighted by molar-refractivity contribution is 7.09. The Hall–Kier alpha value is -2.17. The lowest BCUT2D eigenvalue weighted by atomic mass is 10.2. The molecule has 5 rings (SSSR count). The van der Waals surface area contributed by atoms with Crippen LogP contribution in [0.5, 0.6) is 0 Å². The molecule has 0 amide bonds. The van der Waals surface area contributed by atoms with Crippen LogP contribution >= 0.6 is 11.3 Å². The minimum atomic E-state index is 0.0322. The fraction of sp³-hybridized carbons (Fsp3) is 0.611. The fourth-order valence-corrected chi connectivity index (χ4v) is 4.46. The van der Waals surface area contributed by atoms with E-state index in [1.165, 1.54) is 10.7 Å². The van der Waals surface area contributed by atoms with E-state index < -0.39 is 0 Å². The van der Waals surface area contributed by atoms with Crippen molar-refractivity contribution in [1.82, 2.24) is 34.8 Å². The van der Waals surface area contributed by atoms with Gasteiger partial charge in [0, 0.05) is 24.4 Å². The number of aryl methyl sites for hydroxylation is 1. The molecule has 9 nitrogen and oxygen atoms in total. The average Bonchev–Trinajstić information content (AvgIpc) is 3.33. The van der Waals surface area contributed by atoms with Crippen molar-refractivity contribution in [2.45, 2.75) is 51.3 Å². The molecule has 148 valence electrons. The predicted octanol–water partition coefficient (Wildman–Crippen LogP) is 1.60. The molecule has 1 unspecified atom stereocenters. The van der Waals surface area contributed by atoms with Crippen molar-refractivity contribution >= 4 is 28.3 Å². The lowest BCUT2D eigenvalue weighted by molar-refractivity contribution is -0.0399. The first-order valence-corrected chi connectivity index (χ1v) is 10.7. The summed E-state index contributed by atoms with van der Waals surface area (Å²) in [7, 11) is 0. The van der Waals surface area contributed by atoms with Crippen molar-refractivity contribution in [2.24, 2.45) is 0 Å². The average molecular weight is 401 g/mol. The summed E-state index contributed by atoms with van der Waals surface area (Å²) in [5, 5.41) is 11.8. The molecule has 0 bridgehead atoms. The van der Waals surface area contributed by atoms with E-state index >= 15 is 0 Å². The third-order valence-electron chi connectivity index (χ3n) is 5.27. The molecule has 1 saturated heterocycles. The SMILES string of the molecule is CCc1csc(CN2CCOC(Cn3nnc4c(N)nc(C5CC5)nc43)C2)n1. The molecule has 1 aliphatic carbocycles. The van der Waals surface area contributed by atoms with E-state index in [0.717, 1.165) is 44.7 Å². The Morgan fingerprint density at radius 1 is 1.29 bits per heavy atom. The van der Waals surface area contributed by atoms with Crippen molar-refractivity contribution in [3.63, 3.8) is 0 Å². The summed E-state index contributed by atoms with van der Waals surface area (Å²) >= 11 is 1.74. The van der Waals surface area contributed by atoms with E-state index in [1.807, 2.05) is 4.68 Å². The maximum Gasteiger partial charge on any atom is 0.184 e. The number of morpholine rings is 1. The highest BCUT2D eigenvalue weighted by Gasteiger charge is 2.29. The standard InChI is InChI=1S/C18H24N8OS/c1-2-12-10-28-14(20-12)9-25-5-6-27-13(7-25)8-26-18-15(23-24-26)16(19)21-17(22-18)11-3-4-11/h10-11,13H,2-9H2,1H3,(H2,19,21,22). The van der Waals surface area contributed by atoms with E-state index in [9.17, 15) is 0 Å². The first kappa shape index (κ1) is 17.9. The Bertz CT molecular complexity index is 981. The van der Waals surface area contributed by atoms with E-state index in [2.05, 4.69) is 37.5 Å². The largest absolute Gasteiger partial charge is 0.382 e. The minimum Gasteiger partial charge on any atom is -0.382 e. The molecule has 3 aromatic rings. The van der Waals surface area contributed by atoms with Gasteiger partial charge in [0.05, 0.1) is 31.5 Å². The molecular formula is C18H24N8OS. The summed E-state index contributed by atoms with van der Waals surface area (Å²) in [6.07, 6.45) is 3.27. The fourth-order valence-electron chi connectivity index (χ4n) is 3.54. The summed E-state index contributed by atoms with van der Waals surface area (Å²) in [6, 6.07) is 0. The Balaban J connectivity index is 1.30.